The smallest absolute Gasteiger partial charge is 0.150 e. The Morgan fingerprint density at radius 1 is 1.50 bits per heavy atom. The summed E-state index contributed by atoms with van der Waals surface area (Å²) in [6.45, 7) is 5.28. The van der Waals surface area contributed by atoms with Crippen LogP contribution in [0.4, 0.5) is 0 Å². The molecule has 0 aromatic rings. The van der Waals surface area contributed by atoms with Gasteiger partial charge in [0.05, 0.1) is 17.1 Å². The molecule has 0 spiro atoms. The number of hydrogen-bond acceptors (Lipinski definition) is 4. The van der Waals surface area contributed by atoms with Gasteiger partial charge in [0, 0.05) is 19.1 Å². The van der Waals surface area contributed by atoms with E-state index in [9.17, 15) is 8.42 Å². The lowest BCUT2D eigenvalue weighted by Crippen LogP contribution is -2.50. The standard InChI is InChI=1S/C11H23NO3S/c1-4-15-11(2,9-12-3)10-6-5-7-16(13,14)8-10/h10,12H,4-9H2,1-3H3. The van der Waals surface area contributed by atoms with E-state index in [1.165, 1.54) is 0 Å². The minimum Gasteiger partial charge on any atom is -0.374 e. The SMILES string of the molecule is CCOC(C)(CNC)C1CCCS(=O)(=O)C1. The Morgan fingerprint density at radius 3 is 2.69 bits per heavy atom. The fraction of sp³-hybridized carbons (Fsp3) is 1.00. The molecular weight excluding hydrogens is 226 g/mol. The van der Waals surface area contributed by atoms with E-state index in [0.29, 0.717) is 18.9 Å². The van der Waals surface area contributed by atoms with Gasteiger partial charge in [-0.15, -0.1) is 0 Å². The molecule has 2 unspecified atom stereocenters. The first kappa shape index (κ1) is 13.9. The van der Waals surface area contributed by atoms with Gasteiger partial charge in [-0.2, -0.15) is 0 Å². The molecule has 16 heavy (non-hydrogen) atoms. The minimum absolute atomic E-state index is 0.110. The van der Waals surface area contributed by atoms with Crippen molar-refractivity contribution in [2.75, 3.05) is 31.7 Å². The van der Waals surface area contributed by atoms with E-state index in [1.54, 1.807) is 0 Å². The maximum absolute atomic E-state index is 11.6. The van der Waals surface area contributed by atoms with E-state index < -0.39 is 9.84 Å². The highest BCUT2D eigenvalue weighted by atomic mass is 32.2. The Morgan fingerprint density at radius 2 is 2.19 bits per heavy atom. The van der Waals surface area contributed by atoms with Crippen LogP contribution in [0.5, 0.6) is 0 Å². The van der Waals surface area contributed by atoms with Gasteiger partial charge in [-0.1, -0.05) is 0 Å². The summed E-state index contributed by atoms with van der Waals surface area (Å²) in [6.07, 6.45) is 1.71. The molecule has 0 aromatic carbocycles. The van der Waals surface area contributed by atoms with Gasteiger partial charge in [-0.25, -0.2) is 8.42 Å². The molecule has 1 saturated heterocycles. The van der Waals surface area contributed by atoms with Crippen molar-refractivity contribution in [3.63, 3.8) is 0 Å². The summed E-state index contributed by atoms with van der Waals surface area (Å²) in [5.74, 6) is 0.717. The fourth-order valence-electron chi connectivity index (χ4n) is 2.50. The molecule has 1 N–H and O–H groups in total. The summed E-state index contributed by atoms with van der Waals surface area (Å²) in [6, 6.07) is 0. The van der Waals surface area contributed by atoms with E-state index in [1.807, 2.05) is 20.9 Å². The number of rotatable bonds is 5. The van der Waals surface area contributed by atoms with E-state index in [4.69, 9.17) is 4.74 Å². The van der Waals surface area contributed by atoms with Gasteiger partial charge in [0.1, 0.15) is 0 Å². The highest BCUT2D eigenvalue weighted by Gasteiger charge is 2.39. The van der Waals surface area contributed by atoms with E-state index in [2.05, 4.69) is 5.32 Å². The largest absolute Gasteiger partial charge is 0.374 e. The Kier molecular flexibility index (Phi) is 4.76. The molecule has 1 aliphatic rings. The molecule has 1 aliphatic heterocycles. The average Bonchev–Trinajstić information content (AvgIpc) is 2.17. The first-order valence-electron chi connectivity index (χ1n) is 5.92. The third-order valence-electron chi connectivity index (χ3n) is 3.33. The summed E-state index contributed by atoms with van der Waals surface area (Å²) >= 11 is 0. The third kappa shape index (κ3) is 3.43. The van der Waals surface area contributed by atoms with E-state index >= 15 is 0 Å². The maximum Gasteiger partial charge on any atom is 0.150 e. The van der Waals surface area contributed by atoms with Crippen molar-refractivity contribution in [1.29, 1.82) is 0 Å². The normalized spacial score (nSPS) is 28.6. The lowest BCUT2D eigenvalue weighted by molar-refractivity contribution is -0.0629. The average molecular weight is 249 g/mol. The number of sulfone groups is 1. The number of hydrogen-bond donors (Lipinski definition) is 1. The lowest BCUT2D eigenvalue weighted by atomic mass is 9.86. The summed E-state index contributed by atoms with van der Waals surface area (Å²) in [7, 11) is -0.990. The van der Waals surface area contributed by atoms with Crippen molar-refractivity contribution in [1.82, 2.24) is 5.32 Å². The van der Waals surface area contributed by atoms with E-state index in [-0.39, 0.29) is 17.3 Å². The molecule has 0 saturated carbocycles. The summed E-state index contributed by atoms with van der Waals surface area (Å²) < 4.78 is 29.1. The van der Waals surface area contributed by atoms with Crippen molar-refractivity contribution in [2.45, 2.75) is 32.3 Å². The molecule has 1 rings (SSSR count). The topological polar surface area (TPSA) is 55.4 Å². The van der Waals surface area contributed by atoms with Gasteiger partial charge in [-0.3, -0.25) is 0 Å². The monoisotopic (exact) mass is 249 g/mol. The van der Waals surface area contributed by atoms with E-state index in [0.717, 1.165) is 12.8 Å². The summed E-state index contributed by atoms with van der Waals surface area (Å²) in [5.41, 5.74) is -0.364. The van der Waals surface area contributed by atoms with Gasteiger partial charge in [0.25, 0.3) is 0 Å². The Hall–Kier alpha value is -0.130. The molecule has 0 aromatic heterocycles. The molecule has 1 fully saturated rings. The highest BCUT2D eigenvalue weighted by Crippen LogP contribution is 2.31. The van der Waals surface area contributed by atoms with Crippen LogP contribution in [-0.2, 0) is 14.6 Å². The van der Waals surface area contributed by atoms with Crippen molar-refractivity contribution >= 4 is 9.84 Å². The maximum atomic E-state index is 11.6. The zero-order valence-corrected chi connectivity index (χ0v) is 11.3. The molecule has 2 atom stereocenters. The van der Waals surface area contributed by atoms with Gasteiger partial charge in [0.2, 0.25) is 0 Å². The molecule has 96 valence electrons. The number of nitrogens with one attached hydrogen (secondary N) is 1. The van der Waals surface area contributed by atoms with Crippen LogP contribution in [0.1, 0.15) is 26.7 Å². The van der Waals surface area contributed by atoms with Crippen molar-refractivity contribution in [3.8, 4) is 0 Å². The molecular formula is C11H23NO3S. The zero-order chi connectivity index (χ0) is 12.2. The number of ether oxygens (including phenoxy) is 1. The molecule has 0 radical (unpaired) electrons. The summed E-state index contributed by atoms with van der Waals surface area (Å²) in [5, 5.41) is 3.10. The van der Waals surface area contributed by atoms with Crippen LogP contribution in [0.25, 0.3) is 0 Å². The quantitative estimate of drug-likeness (QED) is 0.784. The fourth-order valence-corrected chi connectivity index (χ4v) is 4.40. The van der Waals surface area contributed by atoms with Crippen molar-refractivity contribution in [3.05, 3.63) is 0 Å². The molecule has 4 nitrogen and oxygen atoms in total. The highest BCUT2D eigenvalue weighted by molar-refractivity contribution is 7.91. The van der Waals surface area contributed by atoms with Crippen LogP contribution < -0.4 is 5.32 Å². The minimum atomic E-state index is -2.86. The Bertz CT molecular complexity index is 307. The predicted molar refractivity (Wildman–Crippen MR) is 65.3 cm³/mol. The van der Waals surface area contributed by atoms with Gasteiger partial charge < -0.3 is 10.1 Å². The van der Waals surface area contributed by atoms with Crippen molar-refractivity contribution < 1.29 is 13.2 Å². The van der Waals surface area contributed by atoms with Crippen LogP contribution in [0.15, 0.2) is 0 Å². The van der Waals surface area contributed by atoms with Crippen LogP contribution in [-0.4, -0.2) is 45.7 Å². The molecule has 0 bridgehead atoms. The first-order valence-corrected chi connectivity index (χ1v) is 7.74. The second-order valence-corrected chi connectivity index (χ2v) is 6.96. The van der Waals surface area contributed by atoms with Crippen LogP contribution >= 0.6 is 0 Å². The second kappa shape index (κ2) is 5.47. The molecule has 0 amide bonds. The Balaban J connectivity index is 2.77. The Labute approximate surface area is 98.7 Å². The zero-order valence-electron chi connectivity index (χ0n) is 10.5. The van der Waals surface area contributed by atoms with Crippen LogP contribution in [0, 0.1) is 5.92 Å². The first-order chi connectivity index (χ1) is 7.43. The van der Waals surface area contributed by atoms with Gasteiger partial charge >= 0.3 is 0 Å². The molecule has 1 heterocycles. The summed E-state index contributed by atoms with van der Waals surface area (Å²) in [4.78, 5) is 0. The van der Waals surface area contributed by atoms with Gasteiger partial charge in [0.15, 0.2) is 9.84 Å². The number of likely N-dealkylation sites (N-methyl/N-ethyl adjacent to an activating group) is 1. The van der Waals surface area contributed by atoms with Crippen LogP contribution in [0.2, 0.25) is 0 Å². The lowest BCUT2D eigenvalue weighted by Gasteiger charge is -2.39. The molecule has 0 aliphatic carbocycles. The van der Waals surface area contributed by atoms with Gasteiger partial charge in [-0.05, 0) is 33.7 Å². The van der Waals surface area contributed by atoms with Crippen LogP contribution in [0.3, 0.4) is 0 Å². The predicted octanol–water partition coefficient (Wildman–Crippen LogP) is 0.826. The molecule has 5 heteroatoms. The third-order valence-corrected chi connectivity index (χ3v) is 5.15. The van der Waals surface area contributed by atoms with Crippen molar-refractivity contribution in [2.24, 2.45) is 5.92 Å². The second-order valence-electron chi connectivity index (χ2n) is 4.73.